The average molecular weight is 248 g/mol. The smallest absolute Gasteiger partial charge is 0.339 e. The van der Waals surface area contributed by atoms with E-state index in [-0.39, 0.29) is 18.3 Å². The van der Waals surface area contributed by atoms with Crippen LogP contribution in [0, 0.1) is 19.8 Å². The quantitative estimate of drug-likeness (QED) is 0.752. The molecule has 0 aromatic heterocycles. The van der Waals surface area contributed by atoms with Gasteiger partial charge in [0.1, 0.15) is 0 Å². The lowest BCUT2D eigenvalue weighted by molar-refractivity contribution is -0.125. The largest absolute Gasteiger partial charge is 0.454 e. The molecule has 0 fully saturated rings. The van der Waals surface area contributed by atoms with E-state index in [0.717, 1.165) is 17.5 Å². The van der Waals surface area contributed by atoms with Crippen molar-refractivity contribution in [2.75, 3.05) is 6.61 Å². The molecule has 0 radical (unpaired) electrons. The molecule has 0 heterocycles. The van der Waals surface area contributed by atoms with E-state index in [9.17, 15) is 9.59 Å². The topological polar surface area (TPSA) is 43.4 Å². The molecule has 0 saturated carbocycles. The Labute approximate surface area is 108 Å². The Morgan fingerprint density at radius 2 is 1.78 bits per heavy atom. The fourth-order valence-electron chi connectivity index (χ4n) is 1.72. The van der Waals surface area contributed by atoms with Gasteiger partial charge in [0.2, 0.25) is 0 Å². The summed E-state index contributed by atoms with van der Waals surface area (Å²) in [4.78, 5) is 23.5. The molecule has 0 aliphatic carbocycles. The molecule has 3 nitrogen and oxygen atoms in total. The van der Waals surface area contributed by atoms with E-state index in [1.165, 1.54) is 0 Å². The third-order valence-electron chi connectivity index (χ3n) is 3.19. The summed E-state index contributed by atoms with van der Waals surface area (Å²) in [5.74, 6) is -0.505. The number of rotatable bonds is 5. The van der Waals surface area contributed by atoms with Crippen LogP contribution in [0.4, 0.5) is 0 Å². The molecule has 1 rings (SSSR count). The summed E-state index contributed by atoms with van der Waals surface area (Å²) >= 11 is 0. The van der Waals surface area contributed by atoms with Gasteiger partial charge < -0.3 is 4.74 Å². The normalized spacial score (nSPS) is 12.0. The lowest BCUT2D eigenvalue weighted by Crippen LogP contribution is -2.20. The van der Waals surface area contributed by atoms with E-state index < -0.39 is 5.97 Å². The van der Waals surface area contributed by atoms with Crippen LogP contribution in [-0.2, 0) is 9.53 Å². The zero-order valence-electron chi connectivity index (χ0n) is 11.4. The summed E-state index contributed by atoms with van der Waals surface area (Å²) in [6.45, 7) is 7.37. The SMILES string of the molecule is CCC(C)C(=O)COC(=O)c1c(C)cccc1C. The number of ketones is 1. The molecule has 0 bridgehead atoms. The van der Waals surface area contributed by atoms with E-state index in [0.29, 0.717) is 5.56 Å². The van der Waals surface area contributed by atoms with Crippen LogP contribution in [0.5, 0.6) is 0 Å². The van der Waals surface area contributed by atoms with Crippen LogP contribution in [-0.4, -0.2) is 18.4 Å². The number of carbonyl (C=O) groups excluding carboxylic acids is 2. The van der Waals surface area contributed by atoms with Gasteiger partial charge in [-0.3, -0.25) is 4.79 Å². The predicted molar refractivity (Wildman–Crippen MR) is 70.7 cm³/mol. The first-order chi connectivity index (χ1) is 8.47. The Morgan fingerprint density at radius 3 is 2.28 bits per heavy atom. The fraction of sp³-hybridized carbons (Fsp3) is 0.467. The standard InChI is InChI=1S/C15H20O3/c1-5-10(2)13(16)9-18-15(17)14-11(3)7-6-8-12(14)4/h6-8,10H,5,9H2,1-4H3. The van der Waals surface area contributed by atoms with Gasteiger partial charge in [0, 0.05) is 5.92 Å². The predicted octanol–water partition coefficient (Wildman–Crippen LogP) is 3.08. The van der Waals surface area contributed by atoms with Crippen LogP contribution in [0.15, 0.2) is 18.2 Å². The first-order valence-electron chi connectivity index (χ1n) is 6.23. The Kier molecular flexibility index (Phi) is 5.08. The van der Waals surface area contributed by atoms with Crippen LogP contribution in [0.3, 0.4) is 0 Å². The highest BCUT2D eigenvalue weighted by Crippen LogP contribution is 2.14. The Morgan fingerprint density at radius 1 is 1.22 bits per heavy atom. The molecule has 18 heavy (non-hydrogen) atoms. The van der Waals surface area contributed by atoms with Crippen LogP contribution >= 0.6 is 0 Å². The van der Waals surface area contributed by atoms with Crippen molar-refractivity contribution < 1.29 is 14.3 Å². The number of aryl methyl sites for hydroxylation is 2. The molecule has 0 spiro atoms. The van der Waals surface area contributed by atoms with Crippen molar-refractivity contribution in [1.82, 2.24) is 0 Å². The van der Waals surface area contributed by atoms with Crippen molar-refractivity contribution in [2.24, 2.45) is 5.92 Å². The summed E-state index contributed by atoms with van der Waals surface area (Å²) < 4.78 is 5.09. The van der Waals surface area contributed by atoms with Gasteiger partial charge >= 0.3 is 5.97 Å². The Bertz CT molecular complexity index is 429. The van der Waals surface area contributed by atoms with Crippen molar-refractivity contribution in [3.63, 3.8) is 0 Å². The van der Waals surface area contributed by atoms with Gasteiger partial charge in [-0.1, -0.05) is 32.0 Å². The number of benzene rings is 1. The van der Waals surface area contributed by atoms with Gasteiger partial charge in [-0.2, -0.15) is 0 Å². The zero-order valence-corrected chi connectivity index (χ0v) is 11.4. The molecule has 3 heteroatoms. The first kappa shape index (κ1) is 14.4. The van der Waals surface area contributed by atoms with Crippen molar-refractivity contribution in [3.8, 4) is 0 Å². The number of esters is 1. The van der Waals surface area contributed by atoms with E-state index in [1.54, 1.807) is 0 Å². The summed E-state index contributed by atoms with van der Waals surface area (Å²) in [7, 11) is 0. The molecule has 0 N–H and O–H groups in total. The molecule has 0 aliphatic heterocycles. The van der Waals surface area contributed by atoms with Gasteiger partial charge in [-0.15, -0.1) is 0 Å². The van der Waals surface area contributed by atoms with Crippen molar-refractivity contribution >= 4 is 11.8 Å². The van der Waals surface area contributed by atoms with Crippen LogP contribution in [0.2, 0.25) is 0 Å². The third-order valence-corrected chi connectivity index (χ3v) is 3.19. The van der Waals surface area contributed by atoms with Crippen molar-refractivity contribution in [1.29, 1.82) is 0 Å². The second-order valence-corrected chi connectivity index (χ2v) is 4.62. The van der Waals surface area contributed by atoms with Crippen molar-refractivity contribution in [3.05, 3.63) is 34.9 Å². The minimum atomic E-state index is -0.415. The number of carbonyl (C=O) groups is 2. The van der Waals surface area contributed by atoms with Gasteiger partial charge in [0.15, 0.2) is 12.4 Å². The van der Waals surface area contributed by atoms with Crippen molar-refractivity contribution in [2.45, 2.75) is 34.1 Å². The third kappa shape index (κ3) is 3.42. The van der Waals surface area contributed by atoms with Crippen LogP contribution < -0.4 is 0 Å². The maximum atomic E-state index is 11.9. The lowest BCUT2D eigenvalue weighted by atomic mass is 10.0. The summed E-state index contributed by atoms with van der Waals surface area (Å²) in [5.41, 5.74) is 2.31. The maximum absolute atomic E-state index is 11.9. The van der Waals surface area contributed by atoms with E-state index in [4.69, 9.17) is 4.74 Å². The molecular weight excluding hydrogens is 228 g/mol. The molecule has 0 amide bonds. The Hall–Kier alpha value is -1.64. The van der Waals surface area contributed by atoms with Crippen LogP contribution in [0.25, 0.3) is 0 Å². The second-order valence-electron chi connectivity index (χ2n) is 4.62. The zero-order chi connectivity index (χ0) is 13.7. The molecule has 98 valence electrons. The molecular formula is C15H20O3. The Balaban J connectivity index is 2.70. The summed E-state index contributed by atoms with van der Waals surface area (Å²) in [6.07, 6.45) is 0.764. The molecule has 0 saturated heterocycles. The number of hydrogen-bond donors (Lipinski definition) is 0. The number of ether oxygens (including phenoxy) is 1. The highest BCUT2D eigenvalue weighted by atomic mass is 16.5. The minimum Gasteiger partial charge on any atom is -0.454 e. The lowest BCUT2D eigenvalue weighted by Gasteiger charge is -2.11. The van der Waals surface area contributed by atoms with Gasteiger partial charge in [0.05, 0.1) is 5.56 Å². The highest BCUT2D eigenvalue weighted by molar-refractivity contribution is 5.94. The van der Waals surface area contributed by atoms with E-state index >= 15 is 0 Å². The first-order valence-corrected chi connectivity index (χ1v) is 6.23. The monoisotopic (exact) mass is 248 g/mol. The fourth-order valence-corrected chi connectivity index (χ4v) is 1.72. The molecule has 1 aromatic carbocycles. The summed E-state index contributed by atoms with van der Waals surface area (Å²) in [5, 5.41) is 0. The molecule has 1 unspecified atom stereocenters. The molecule has 1 aromatic rings. The van der Waals surface area contributed by atoms with E-state index in [1.807, 2.05) is 45.9 Å². The maximum Gasteiger partial charge on any atom is 0.339 e. The van der Waals surface area contributed by atoms with Crippen LogP contribution in [0.1, 0.15) is 41.8 Å². The molecule has 1 atom stereocenters. The van der Waals surface area contributed by atoms with E-state index in [2.05, 4.69) is 0 Å². The number of Topliss-reactive ketones (excluding diaryl/α,β-unsaturated/α-hetero) is 1. The van der Waals surface area contributed by atoms with Gasteiger partial charge in [-0.25, -0.2) is 4.79 Å². The number of hydrogen-bond acceptors (Lipinski definition) is 3. The highest BCUT2D eigenvalue weighted by Gasteiger charge is 2.17. The van der Waals surface area contributed by atoms with Gasteiger partial charge in [-0.05, 0) is 31.4 Å². The van der Waals surface area contributed by atoms with Gasteiger partial charge in [0.25, 0.3) is 0 Å². The minimum absolute atomic E-state index is 0.0305. The average Bonchev–Trinajstić information content (AvgIpc) is 2.34. The molecule has 0 aliphatic rings. The second kappa shape index (κ2) is 6.34. The summed E-state index contributed by atoms with van der Waals surface area (Å²) in [6, 6.07) is 5.62.